The number of likely N-dealkylation sites (tertiary alicyclic amines) is 1. The molecule has 1 aliphatic heterocycles. The summed E-state index contributed by atoms with van der Waals surface area (Å²) in [5.74, 6) is 0. The van der Waals surface area contributed by atoms with E-state index in [-0.39, 0.29) is 6.61 Å². The van der Waals surface area contributed by atoms with Crippen LogP contribution >= 0.6 is 0 Å². The Morgan fingerprint density at radius 2 is 2.36 bits per heavy atom. The first-order valence-corrected chi connectivity index (χ1v) is 5.24. The van der Waals surface area contributed by atoms with E-state index in [1.807, 2.05) is 0 Å². The van der Waals surface area contributed by atoms with E-state index in [2.05, 4.69) is 14.9 Å². The molecule has 0 bridgehead atoms. The monoisotopic (exact) mass is 198 g/mol. The largest absolute Gasteiger partial charge is 0.396 e. The number of hydrogen-bond donors (Lipinski definition) is 1. The van der Waals surface area contributed by atoms with Gasteiger partial charge < -0.3 is 10.0 Å². The summed E-state index contributed by atoms with van der Waals surface area (Å²) in [7, 11) is 0. The standard InChI is InChI=1S/C9H18N4O/c10-12-11-5-7-13-6-2-1-3-9(13)4-8-14/h9,14H,1-8H2. The lowest BCUT2D eigenvalue weighted by atomic mass is 10.00. The molecule has 1 unspecified atom stereocenters. The van der Waals surface area contributed by atoms with Crippen molar-refractivity contribution in [3.63, 3.8) is 0 Å². The lowest BCUT2D eigenvalue weighted by molar-refractivity contribution is 0.123. The van der Waals surface area contributed by atoms with Gasteiger partial charge in [-0.05, 0) is 31.3 Å². The minimum absolute atomic E-state index is 0.253. The number of hydrogen-bond acceptors (Lipinski definition) is 3. The van der Waals surface area contributed by atoms with E-state index in [0.29, 0.717) is 12.6 Å². The van der Waals surface area contributed by atoms with E-state index >= 15 is 0 Å². The molecule has 0 aromatic rings. The first kappa shape index (κ1) is 11.3. The summed E-state index contributed by atoms with van der Waals surface area (Å²) in [6.07, 6.45) is 4.48. The van der Waals surface area contributed by atoms with Gasteiger partial charge in [0.15, 0.2) is 0 Å². The molecule has 1 N–H and O–H groups in total. The van der Waals surface area contributed by atoms with E-state index in [9.17, 15) is 0 Å². The van der Waals surface area contributed by atoms with Crippen LogP contribution in [0.5, 0.6) is 0 Å². The van der Waals surface area contributed by atoms with Crippen molar-refractivity contribution in [1.29, 1.82) is 0 Å². The molecule has 1 aliphatic rings. The van der Waals surface area contributed by atoms with Gasteiger partial charge in [0.2, 0.25) is 0 Å². The number of nitrogens with zero attached hydrogens (tertiary/aromatic N) is 4. The summed E-state index contributed by atoms with van der Waals surface area (Å²) >= 11 is 0. The van der Waals surface area contributed by atoms with Gasteiger partial charge in [0.25, 0.3) is 0 Å². The summed E-state index contributed by atoms with van der Waals surface area (Å²) in [5, 5.41) is 12.4. The van der Waals surface area contributed by atoms with Crippen molar-refractivity contribution in [3.8, 4) is 0 Å². The van der Waals surface area contributed by atoms with Gasteiger partial charge in [-0.1, -0.05) is 11.5 Å². The topological polar surface area (TPSA) is 72.2 Å². The van der Waals surface area contributed by atoms with Crippen molar-refractivity contribution >= 4 is 0 Å². The van der Waals surface area contributed by atoms with Crippen LogP contribution < -0.4 is 0 Å². The van der Waals surface area contributed by atoms with E-state index in [1.54, 1.807) is 0 Å². The average molecular weight is 198 g/mol. The second-order valence-corrected chi connectivity index (χ2v) is 3.65. The van der Waals surface area contributed by atoms with Gasteiger partial charge in [0.1, 0.15) is 0 Å². The van der Waals surface area contributed by atoms with Gasteiger partial charge >= 0.3 is 0 Å². The van der Waals surface area contributed by atoms with E-state index < -0.39 is 0 Å². The zero-order valence-electron chi connectivity index (χ0n) is 8.47. The van der Waals surface area contributed by atoms with Crippen LogP contribution in [0.2, 0.25) is 0 Å². The average Bonchev–Trinajstić information content (AvgIpc) is 2.21. The van der Waals surface area contributed by atoms with Crippen molar-refractivity contribution in [3.05, 3.63) is 10.4 Å². The first-order valence-electron chi connectivity index (χ1n) is 5.24. The molecule has 0 saturated carbocycles. The number of azide groups is 1. The molecule has 1 saturated heterocycles. The maximum Gasteiger partial charge on any atom is 0.0445 e. The molecule has 0 aromatic heterocycles. The third-order valence-electron chi connectivity index (χ3n) is 2.76. The van der Waals surface area contributed by atoms with Gasteiger partial charge in [-0.25, -0.2) is 0 Å². The highest BCUT2D eigenvalue weighted by atomic mass is 16.3. The zero-order valence-corrected chi connectivity index (χ0v) is 8.47. The molecule has 1 heterocycles. The Bertz CT molecular complexity index is 201. The Morgan fingerprint density at radius 3 is 3.07 bits per heavy atom. The molecule has 1 fully saturated rings. The highest BCUT2D eigenvalue weighted by Crippen LogP contribution is 2.18. The van der Waals surface area contributed by atoms with E-state index in [0.717, 1.165) is 25.9 Å². The summed E-state index contributed by atoms with van der Waals surface area (Å²) < 4.78 is 0. The van der Waals surface area contributed by atoms with Crippen molar-refractivity contribution in [2.45, 2.75) is 31.7 Å². The Balaban J connectivity index is 2.33. The second kappa shape index (κ2) is 6.65. The zero-order chi connectivity index (χ0) is 10.2. The smallest absolute Gasteiger partial charge is 0.0445 e. The molecular weight excluding hydrogens is 180 g/mol. The normalized spacial score (nSPS) is 23.1. The predicted octanol–water partition coefficient (Wildman–Crippen LogP) is 1.53. The van der Waals surface area contributed by atoms with Crippen molar-refractivity contribution in [2.75, 3.05) is 26.2 Å². The minimum Gasteiger partial charge on any atom is -0.396 e. The van der Waals surface area contributed by atoms with Gasteiger partial charge in [-0.3, -0.25) is 0 Å². The van der Waals surface area contributed by atoms with Crippen LogP contribution in [-0.2, 0) is 0 Å². The molecule has 5 nitrogen and oxygen atoms in total. The van der Waals surface area contributed by atoms with Gasteiger partial charge in [-0.15, -0.1) is 0 Å². The first-order chi connectivity index (χ1) is 6.88. The molecule has 1 atom stereocenters. The van der Waals surface area contributed by atoms with Crippen LogP contribution in [0.25, 0.3) is 10.4 Å². The van der Waals surface area contributed by atoms with Gasteiger partial charge in [0.05, 0.1) is 0 Å². The maximum atomic E-state index is 8.90. The fourth-order valence-corrected chi connectivity index (χ4v) is 2.05. The number of rotatable bonds is 5. The quantitative estimate of drug-likeness (QED) is 0.413. The molecule has 0 spiro atoms. The van der Waals surface area contributed by atoms with Crippen LogP contribution in [0.4, 0.5) is 0 Å². The van der Waals surface area contributed by atoms with Crippen LogP contribution in [0.1, 0.15) is 25.7 Å². The van der Waals surface area contributed by atoms with E-state index in [1.165, 1.54) is 12.8 Å². The molecule has 14 heavy (non-hydrogen) atoms. The lowest BCUT2D eigenvalue weighted by Crippen LogP contribution is -2.41. The maximum absolute atomic E-state index is 8.90. The van der Waals surface area contributed by atoms with Crippen molar-refractivity contribution in [1.82, 2.24) is 4.90 Å². The fourth-order valence-electron chi connectivity index (χ4n) is 2.05. The molecular formula is C9H18N4O. The molecule has 0 aliphatic carbocycles. The lowest BCUT2D eigenvalue weighted by Gasteiger charge is -2.35. The summed E-state index contributed by atoms with van der Waals surface area (Å²) in [5.41, 5.74) is 8.16. The summed E-state index contributed by atoms with van der Waals surface area (Å²) in [6.45, 7) is 2.70. The predicted molar refractivity (Wildman–Crippen MR) is 54.9 cm³/mol. The fraction of sp³-hybridized carbons (Fsp3) is 1.00. The van der Waals surface area contributed by atoms with Crippen molar-refractivity contribution in [2.24, 2.45) is 5.11 Å². The van der Waals surface area contributed by atoms with Gasteiger partial charge in [0, 0.05) is 30.6 Å². The molecule has 0 aromatic carbocycles. The Morgan fingerprint density at radius 1 is 1.50 bits per heavy atom. The second-order valence-electron chi connectivity index (χ2n) is 3.65. The van der Waals surface area contributed by atoms with E-state index in [4.69, 9.17) is 10.6 Å². The highest BCUT2D eigenvalue weighted by Gasteiger charge is 2.20. The van der Waals surface area contributed by atoms with Crippen LogP contribution in [-0.4, -0.2) is 42.3 Å². The summed E-state index contributed by atoms with van der Waals surface area (Å²) in [6, 6.07) is 0.489. The van der Waals surface area contributed by atoms with Crippen molar-refractivity contribution < 1.29 is 5.11 Å². The van der Waals surface area contributed by atoms with Crippen LogP contribution in [0.15, 0.2) is 5.11 Å². The Labute approximate surface area is 84.3 Å². The molecule has 1 rings (SSSR count). The third kappa shape index (κ3) is 3.54. The highest BCUT2D eigenvalue weighted by molar-refractivity contribution is 4.77. The number of piperidine rings is 1. The Hall–Kier alpha value is -0.770. The number of aliphatic hydroxyl groups is 1. The SMILES string of the molecule is [N-]=[N+]=NCCN1CCCCC1CCO. The van der Waals surface area contributed by atoms with Gasteiger partial charge in [-0.2, -0.15) is 0 Å². The Kier molecular flexibility index (Phi) is 5.37. The molecule has 80 valence electrons. The van der Waals surface area contributed by atoms with Crippen LogP contribution in [0.3, 0.4) is 0 Å². The molecule has 5 heteroatoms. The third-order valence-corrected chi connectivity index (χ3v) is 2.76. The van der Waals surface area contributed by atoms with Crippen LogP contribution in [0, 0.1) is 0 Å². The minimum atomic E-state index is 0.253. The molecule has 0 radical (unpaired) electrons. The molecule has 0 amide bonds. The summed E-state index contributed by atoms with van der Waals surface area (Å²) in [4.78, 5) is 5.07. The number of aliphatic hydroxyl groups excluding tert-OH is 1.